The molecule has 1 amide bonds. The number of carbonyl (C=O) groups is 1. The highest BCUT2D eigenvalue weighted by atomic mass is 32.2. The van der Waals surface area contributed by atoms with Crippen molar-refractivity contribution in [2.75, 3.05) is 6.61 Å². The summed E-state index contributed by atoms with van der Waals surface area (Å²) in [5.41, 5.74) is 1.43. The van der Waals surface area contributed by atoms with Crippen molar-refractivity contribution in [2.45, 2.75) is 30.4 Å². The summed E-state index contributed by atoms with van der Waals surface area (Å²) in [5, 5.41) is 12.0. The molecule has 0 bridgehead atoms. The van der Waals surface area contributed by atoms with Crippen LogP contribution >= 0.6 is 11.8 Å². The van der Waals surface area contributed by atoms with E-state index in [0.29, 0.717) is 11.6 Å². The molecule has 0 fully saturated rings. The van der Waals surface area contributed by atoms with Gasteiger partial charge in [-0.05, 0) is 18.9 Å². The van der Waals surface area contributed by atoms with E-state index >= 15 is 0 Å². The van der Waals surface area contributed by atoms with E-state index in [1.54, 1.807) is 0 Å². The average molecular weight is 306 g/mol. The van der Waals surface area contributed by atoms with Crippen molar-refractivity contribution in [3.8, 4) is 0 Å². The second-order valence-electron chi connectivity index (χ2n) is 4.66. The number of carbonyl (C=O) groups excluding carboxylic acids is 1. The lowest BCUT2D eigenvalue weighted by Gasteiger charge is -2.10. The number of nitrogens with zero attached hydrogens (tertiary/aromatic N) is 1. The number of aromatic nitrogens is 1. The first kappa shape index (κ1) is 15.6. The number of amides is 1. The molecule has 0 spiro atoms. The number of hydrogen-bond donors (Lipinski definition) is 2. The maximum absolute atomic E-state index is 11.9. The molecule has 0 aliphatic rings. The first-order valence-corrected chi connectivity index (χ1v) is 7.71. The zero-order valence-electron chi connectivity index (χ0n) is 11.8. The molecule has 0 radical (unpaired) electrons. The van der Waals surface area contributed by atoms with Crippen LogP contribution in [0, 0.1) is 0 Å². The predicted octanol–water partition coefficient (Wildman–Crippen LogP) is 2.47. The van der Waals surface area contributed by atoms with Crippen LogP contribution < -0.4 is 5.32 Å². The minimum Gasteiger partial charge on any atom is -0.439 e. The van der Waals surface area contributed by atoms with Crippen LogP contribution in [0.2, 0.25) is 0 Å². The Bertz CT molecular complexity index is 571. The van der Waals surface area contributed by atoms with Gasteiger partial charge in [-0.3, -0.25) is 4.79 Å². The Balaban J connectivity index is 1.87. The van der Waals surface area contributed by atoms with E-state index in [9.17, 15) is 4.79 Å². The summed E-state index contributed by atoms with van der Waals surface area (Å²) in [6.45, 7) is 1.87. The number of oxazole rings is 1. The van der Waals surface area contributed by atoms with Crippen molar-refractivity contribution in [2.24, 2.45) is 0 Å². The highest BCUT2D eigenvalue weighted by Gasteiger charge is 2.14. The predicted molar refractivity (Wildman–Crippen MR) is 81.1 cm³/mol. The SMILES string of the molecule is C[C@@H](CCO)NC(=O)c1coc(SCc2ccccc2)n1. The smallest absolute Gasteiger partial charge is 0.273 e. The van der Waals surface area contributed by atoms with Gasteiger partial charge in [0.25, 0.3) is 11.1 Å². The number of thioether (sulfide) groups is 1. The molecule has 1 atom stereocenters. The Kier molecular flexibility index (Phi) is 5.83. The molecular weight excluding hydrogens is 288 g/mol. The summed E-state index contributed by atoms with van der Waals surface area (Å²) < 4.78 is 5.29. The second kappa shape index (κ2) is 7.85. The van der Waals surface area contributed by atoms with Crippen LogP contribution in [0.25, 0.3) is 0 Å². The summed E-state index contributed by atoms with van der Waals surface area (Å²) in [6, 6.07) is 9.88. The van der Waals surface area contributed by atoms with Gasteiger partial charge in [0.15, 0.2) is 5.69 Å². The molecule has 112 valence electrons. The molecule has 1 aromatic heterocycles. The van der Waals surface area contributed by atoms with Gasteiger partial charge < -0.3 is 14.8 Å². The van der Waals surface area contributed by atoms with Gasteiger partial charge in [0.05, 0.1) is 0 Å². The van der Waals surface area contributed by atoms with Gasteiger partial charge in [-0.1, -0.05) is 42.1 Å². The lowest BCUT2D eigenvalue weighted by Crippen LogP contribution is -2.33. The van der Waals surface area contributed by atoms with Gasteiger partial charge in [-0.15, -0.1) is 0 Å². The van der Waals surface area contributed by atoms with Gasteiger partial charge in [0, 0.05) is 18.4 Å². The van der Waals surface area contributed by atoms with E-state index in [0.717, 1.165) is 5.75 Å². The molecule has 1 heterocycles. The number of benzene rings is 1. The second-order valence-corrected chi connectivity index (χ2v) is 5.59. The monoisotopic (exact) mass is 306 g/mol. The van der Waals surface area contributed by atoms with E-state index in [1.165, 1.54) is 23.6 Å². The first-order chi connectivity index (χ1) is 10.2. The summed E-state index contributed by atoms with van der Waals surface area (Å²) >= 11 is 1.44. The topological polar surface area (TPSA) is 75.4 Å². The number of rotatable bonds is 7. The van der Waals surface area contributed by atoms with E-state index in [-0.39, 0.29) is 24.2 Å². The van der Waals surface area contributed by atoms with Crippen LogP contribution in [0.1, 0.15) is 29.4 Å². The van der Waals surface area contributed by atoms with Crippen molar-refractivity contribution >= 4 is 17.7 Å². The molecular formula is C15H18N2O3S. The molecule has 1 aromatic carbocycles. The van der Waals surface area contributed by atoms with E-state index < -0.39 is 0 Å². The average Bonchev–Trinajstić information content (AvgIpc) is 2.95. The summed E-state index contributed by atoms with van der Waals surface area (Å²) in [5.74, 6) is 0.454. The van der Waals surface area contributed by atoms with Crippen LogP contribution in [0.15, 0.2) is 46.2 Å². The molecule has 0 saturated heterocycles. The molecule has 6 heteroatoms. The van der Waals surface area contributed by atoms with Crippen LogP contribution in [0.4, 0.5) is 0 Å². The number of hydrogen-bond acceptors (Lipinski definition) is 5. The highest BCUT2D eigenvalue weighted by Crippen LogP contribution is 2.21. The Hall–Kier alpha value is -1.79. The number of aliphatic hydroxyl groups excluding tert-OH is 1. The highest BCUT2D eigenvalue weighted by molar-refractivity contribution is 7.98. The first-order valence-electron chi connectivity index (χ1n) is 6.73. The zero-order chi connectivity index (χ0) is 15.1. The minimum absolute atomic E-state index is 0.0401. The molecule has 0 aliphatic heterocycles. The van der Waals surface area contributed by atoms with Gasteiger partial charge in [0.2, 0.25) is 0 Å². The van der Waals surface area contributed by atoms with Crippen molar-refractivity contribution in [3.63, 3.8) is 0 Å². The summed E-state index contributed by atoms with van der Waals surface area (Å²) in [7, 11) is 0. The Morgan fingerprint density at radius 1 is 1.43 bits per heavy atom. The number of nitrogens with one attached hydrogen (secondary N) is 1. The van der Waals surface area contributed by atoms with Gasteiger partial charge in [-0.2, -0.15) is 4.98 Å². The van der Waals surface area contributed by atoms with Crippen LogP contribution in [0.3, 0.4) is 0 Å². The lowest BCUT2D eigenvalue weighted by molar-refractivity contribution is 0.0929. The maximum Gasteiger partial charge on any atom is 0.273 e. The quantitative estimate of drug-likeness (QED) is 0.769. The molecule has 2 N–H and O–H groups in total. The molecule has 2 aromatic rings. The fourth-order valence-corrected chi connectivity index (χ4v) is 2.47. The largest absolute Gasteiger partial charge is 0.439 e. The standard InChI is InChI=1S/C15H18N2O3S/c1-11(7-8-18)16-14(19)13-9-20-15(17-13)21-10-12-5-3-2-4-6-12/h2-6,9,11,18H,7-8,10H2,1H3,(H,16,19)/t11-/m0/s1. The van der Waals surface area contributed by atoms with Gasteiger partial charge >= 0.3 is 0 Å². The Labute approximate surface area is 127 Å². The van der Waals surface area contributed by atoms with Crippen LogP contribution in [-0.2, 0) is 5.75 Å². The third-order valence-corrected chi connectivity index (χ3v) is 3.77. The van der Waals surface area contributed by atoms with E-state index in [4.69, 9.17) is 9.52 Å². The molecule has 0 saturated carbocycles. The summed E-state index contributed by atoms with van der Waals surface area (Å²) in [6.07, 6.45) is 1.87. The fraction of sp³-hybridized carbons (Fsp3) is 0.333. The van der Waals surface area contributed by atoms with E-state index in [2.05, 4.69) is 10.3 Å². The van der Waals surface area contributed by atoms with Crippen molar-refractivity contribution in [1.29, 1.82) is 0 Å². The third-order valence-electron chi connectivity index (χ3n) is 2.86. The number of aliphatic hydroxyl groups is 1. The molecule has 2 rings (SSSR count). The normalized spacial score (nSPS) is 12.1. The van der Waals surface area contributed by atoms with Crippen LogP contribution in [0.5, 0.6) is 0 Å². The van der Waals surface area contributed by atoms with Crippen LogP contribution in [-0.4, -0.2) is 28.6 Å². The van der Waals surface area contributed by atoms with Crippen molar-refractivity contribution < 1.29 is 14.3 Å². The molecule has 0 unspecified atom stereocenters. The van der Waals surface area contributed by atoms with Gasteiger partial charge in [-0.25, -0.2) is 0 Å². The zero-order valence-corrected chi connectivity index (χ0v) is 12.6. The van der Waals surface area contributed by atoms with E-state index in [1.807, 2.05) is 37.3 Å². The molecule has 5 nitrogen and oxygen atoms in total. The third kappa shape index (κ3) is 4.91. The Morgan fingerprint density at radius 2 is 2.19 bits per heavy atom. The minimum atomic E-state index is -0.286. The fourth-order valence-electron chi connectivity index (χ4n) is 1.71. The lowest BCUT2D eigenvalue weighted by atomic mass is 10.2. The molecule has 0 aliphatic carbocycles. The molecule has 21 heavy (non-hydrogen) atoms. The summed E-state index contributed by atoms with van der Waals surface area (Å²) in [4.78, 5) is 16.1. The van der Waals surface area contributed by atoms with Crippen molar-refractivity contribution in [3.05, 3.63) is 47.9 Å². The van der Waals surface area contributed by atoms with Gasteiger partial charge in [0.1, 0.15) is 6.26 Å². The maximum atomic E-state index is 11.9. The van der Waals surface area contributed by atoms with Crippen molar-refractivity contribution in [1.82, 2.24) is 10.3 Å². The Morgan fingerprint density at radius 3 is 2.90 bits per heavy atom.